The van der Waals surface area contributed by atoms with Crippen molar-refractivity contribution in [2.24, 2.45) is 0 Å². The van der Waals surface area contributed by atoms with Gasteiger partial charge in [0.2, 0.25) is 0 Å². The Morgan fingerprint density at radius 3 is 2.85 bits per heavy atom. The van der Waals surface area contributed by atoms with Gasteiger partial charge >= 0.3 is 0 Å². The van der Waals surface area contributed by atoms with Gasteiger partial charge in [0.25, 0.3) is 0 Å². The van der Waals surface area contributed by atoms with Crippen LogP contribution >= 0.6 is 27.9 Å². The maximum absolute atomic E-state index is 3.57. The molecule has 0 radical (unpaired) electrons. The molecule has 1 unspecified atom stereocenters. The van der Waals surface area contributed by atoms with E-state index >= 15 is 0 Å². The number of rotatable bonds is 2. The first kappa shape index (κ1) is 14.0. The first-order valence-electron chi connectivity index (χ1n) is 6.70. The van der Waals surface area contributed by atoms with E-state index < -0.39 is 0 Å². The molecule has 0 saturated carbocycles. The molecule has 1 aliphatic heterocycles. The summed E-state index contributed by atoms with van der Waals surface area (Å²) in [5.74, 6) is 0. The van der Waals surface area contributed by atoms with Crippen molar-refractivity contribution >= 4 is 33.6 Å². The first-order valence-corrected chi connectivity index (χ1v) is 8.27. The molecule has 0 bridgehead atoms. The standard InChI is InChI=1S/C16H17BrN2S/c1-19-14(9-12-5-3-2-4-6-12)11-18-15-8-7-13(17)10-16(15)20-19/h2-8,10,14,18H,9,11H2,1H3. The van der Waals surface area contributed by atoms with Gasteiger partial charge in [0.05, 0.1) is 0 Å². The Labute approximate surface area is 132 Å². The van der Waals surface area contributed by atoms with Crippen molar-refractivity contribution < 1.29 is 0 Å². The molecular formula is C16H17BrN2S. The topological polar surface area (TPSA) is 15.3 Å². The van der Waals surface area contributed by atoms with Crippen molar-refractivity contribution in [3.05, 3.63) is 58.6 Å². The molecular weight excluding hydrogens is 332 g/mol. The van der Waals surface area contributed by atoms with Gasteiger partial charge in [0.1, 0.15) is 0 Å². The summed E-state index contributed by atoms with van der Waals surface area (Å²) < 4.78 is 3.48. The SMILES string of the molecule is CN1Sc2cc(Br)ccc2NCC1Cc1ccccc1. The monoisotopic (exact) mass is 348 g/mol. The molecule has 0 amide bonds. The molecule has 2 nitrogen and oxygen atoms in total. The van der Waals surface area contributed by atoms with E-state index in [2.05, 4.69) is 81.1 Å². The van der Waals surface area contributed by atoms with E-state index in [0.29, 0.717) is 6.04 Å². The predicted octanol–water partition coefficient (Wildman–Crippen LogP) is 4.42. The van der Waals surface area contributed by atoms with Gasteiger partial charge in [-0.05, 0) is 49.2 Å². The molecule has 2 aromatic rings. The van der Waals surface area contributed by atoms with Gasteiger partial charge in [-0.1, -0.05) is 46.3 Å². The van der Waals surface area contributed by atoms with Crippen LogP contribution in [0.4, 0.5) is 5.69 Å². The van der Waals surface area contributed by atoms with Gasteiger partial charge in [0.15, 0.2) is 0 Å². The summed E-state index contributed by atoms with van der Waals surface area (Å²) in [7, 11) is 2.18. The van der Waals surface area contributed by atoms with E-state index in [-0.39, 0.29) is 0 Å². The Bertz CT molecular complexity index is 588. The smallest absolute Gasteiger partial charge is 0.0493 e. The second-order valence-electron chi connectivity index (χ2n) is 5.00. The molecule has 20 heavy (non-hydrogen) atoms. The maximum Gasteiger partial charge on any atom is 0.0493 e. The molecule has 0 aliphatic carbocycles. The lowest BCUT2D eigenvalue weighted by Gasteiger charge is -2.24. The Morgan fingerprint density at radius 1 is 1.25 bits per heavy atom. The normalized spacial score (nSPS) is 19.0. The number of likely N-dealkylation sites (N-methyl/N-ethyl adjacent to an activating group) is 1. The minimum atomic E-state index is 0.480. The molecule has 0 saturated heterocycles. The first-order chi connectivity index (χ1) is 9.72. The fraction of sp³-hybridized carbons (Fsp3) is 0.250. The lowest BCUT2D eigenvalue weighted by atomic mass is 10.1. The highest BCUT2D eigenvalue weighted by molar-refractivity contribution is 9.10. The molecule has 4 heteroatoms. The van der Waals surface area contributed by atoms with Gasteiger partial charge < -0.3 is 5.32 Å². The van der Waals surface area contributed by atoms with E-state index in [1.807, 2.05) is 11.9 Å². The Balaban J connectivity index is 1.77. The van der Waals surface area contributed by atoms with Crippen LogP contribution in [-0.4, -0.2) is 23.9 Å². The molecule has 1 aliphatic rings. The maximum atomic E-state index is 3.57. The Morgan fingerprint density at radius 2 is 2.05 bits per heavy atom. The van der Waals surface area contributed by atoms with Crippen LogP contribution in [0.3, 0.4) is 0 Å². The van der Waals surface area contributed by atoms with Crippen LogP contribution in [-0.2, 0) is 6.42 Å². The van der Waals surface area contributed by atoms with Gasteiger partial charge in [0, 0.05) is 27.6 Å². The molecule has 1 atom stereocenters. The van der Waals surface area contributed by atoms with Crippen molar-refractivity contribution in [2.45, 2.75) is 17.4 Å². The average Bonchev–Trinajstić information content (AvgIpc) is 2.59. The lowest BCUT2D eigenvalue weighted by molar-refractivity contribution is 0.423. The zero-order chi connectivity index (χ0) is 13.9. The summed E-state index contributed by atoms with van der Waals surface area (Å²) in [5, 5.41) is 3.57. The second-order valence-corrected chi connectivity index (χ2v) is 7.12. The van der Waals surface area contributed by atoms with Crippen molar-refractivity contribution in [3.63, 3.8) is 0 Å². The Kier molecular flexibility index (Phi) is 4.34. The molecule has 1 heterocycles. The van der Waals surface area contributed by atoms with Crippen LogP contribution in [0.15, 0.2) is 57.9 Å². The largest absolute Gasteiger partial charge is 0.382 e. The van der Waals surface area contributed by atoms with Crippen molar-refractivity contribution in [3.8, 4) is 0 Å². The van der Waals surface area contributed by atoms with Crippen LogP contribution < -0.4 is 5.32 Å². The molecule has 3 rings (SSSR count). The molecule has 104 valence electrons. The zero-order valence-corrected chi connectivity index (χ0v) is 13.7. The van der Waals surface area contributed by atoms with E-state index in [1.54, 1.807) is 0 Å². The van der Waals surface area contributed by atoms with E-state index in [0.717, 1.165) is 17.4 Å². The van der Waals surface area contributed by atoms with E-state index in [9.17, 15) is 0 Å². The summed E-state index contributed by atoms with van der Waals surface area (Å²) >= 11 is 5.36. The predicted molar refractivity (Wildman–Crippen MR) is 90.2 cm³/mol. The average molecular weight is 349 g/mol. The van der Waals surface area contributed by atoms with Crippen molar-refractivity contribution in [2.75, 3.05) is 18.9 Å². The number of hydrogen-bond acceptors (Lipinski definition) is 3. The number of benzene rings is 2. The summed E-state index contributed by atoms with van der Waals surface area (Å²) in [5.41, 5.74) is 2.61. The number of anilines is 1. The number of hydrogen-bond donors (Lipinski definition) is 1. The van der Waals surface area contributed by atoms with Crippen molar-refractivity contribution in [1.29, 1.82) is 0 Å². The van der Waals surface area contributed by atoms with Gasteiger partial charge in [-0.2, -0.15) is 0 Å². The van der Waals surface area contributed by atoms with Gasteiger partial charge in [-0.3, -0.25) is 0 Å². The third kappa shape index (κ3) is 3.19. The summed E-state index contributed by atoms with van der Waals surface area (Å²) in [6.07, 6.45) is 1.06. The summed E-state index contributed by atoms with van der Waals surface area (Å²) in [6.45, 7) is 0.965. The van der Waals surface area contributed by atoms with Crippen LogP contribution in [0.25, 0.3) is 0 Å². The van der Waals surface area contributed by atoms with E-state index in [4.69, 9.17) is 0 Å². The highest BCUT2D eigenvalue weighted by Crippen LogP contribution is 2.35. The van der Waals surface area contributed by atoms with Gasteiger partial charge in [-0.25, -0.2) is 4.31 Å². The van der Waals surface area contributed by atoms with Crippen molar-refractivity contribution in [1.82, 2.24) is 4.31 Å². The van der Waals surface area contributed by atoms with Crippen LogP contribution in [0.5, 0.6) is 0 Å². The fourth-order valence-electron chi connectivity index (χ4n) is 2.39. The molecule has 0 aromatic heterocycles. The lowest BCUT2D eigenvalue weighted by Crippen LogP contribution is -2.33. The van der Waals surface area contributed by atoms with Gasteiger partial charge in [-0.15, -0.1) is 0 Å². The number of halogens is 1. The number of nitrogens with one attached hydrogen (secondary N) is 1. The second kappa shape index (κ2) is 6.20. The molecule has 0 spiro atoms. The quantitative estimate of drug-likeness (QED) is 0.808. The minimum absolute atomic E-state index is 0.480. The summed E-state index contributed by atoms with van der Waals surface area (Å²) in [6, 6.07) is 17.6. The molecule has 2 aromatic carbocycles. The Hall–Kier alpha value is -0.970. The minimum Gasteiger partial charge on any atom is -0.382 e. The van der Waals surface area contributed by atoms with Crippen LogP contribution in [0, 0.1) is 0 Å². The van der Waals surface area contributed by atoms with Crippen LogP contribution in [0.1, 0.15) is 5.56 Å². The highest BCUT2D eigenvalue weighted by Gasteiger charge is 2.21. The van der Waals surface area contributed by atoms with E-state index in [1.165, 1.54) is 16.1 Å². The number of fused-ring (bicyclic) bond motifs is 1. The third-order valence-electron chi connectivity index (χ3n) is 3.54. The fourth-order valence-corrected chi connectivity index (χ4v) is 3.93. The zero-order valence-electron chi connectivity index (χ0n) is 11.3. The molecule has 1 N–H and O–H groups in total. The highest BCUT2D eigenvalue weighted by atomic mass is 79.9. The third-order valence-corrected chi connectivity index (χ3v) is 5.16. The summed E-state index contributed by atoms with van der Waals surface area (Å²) in [4.78, 5) is 1.28. The number of nitrogens with zero attached hydrogens (tertiary/aromatic N) is 1. The van der Waals surface area contributed by atoms with Crippen LogP contribution in [0.2, 0.25) is 0 Å². The molecule has 0 fully saturated rings.